The van der Waals surface area contributed by atoms with Gasteiger partial charge in [0.15, 0.2) is 5.82 Å². The quantitative estimate of drug-likeness (QED) is 0.815. The maximum atomic E-state index is 5.36. The lowest BCUT2D eigenvalue weighted by Gasteiger charge is -2.20. The Hall–Kier alpha value is -1.34. The minimum atomic E-state index is 0.497. The predicted octanol–water partition coefficient (Wildman–Crippen LogP) is 2.52. The number of aryl methyl sites for hydroxylation is 1. The summed E-state index contributed by atoms with van der Waals surface area (Å²) in [5.41, 5.74) is 0. The second kappa shape index (κ2) is 5.97. The lowest BCUT2D eigenvalue weighted by molar-refractivity contribution is 0.255. The highest BCUT2D eigenvalue weighted by atomic mass is 32.1. The molecule has 1 fully saturated rings. The third-order valence-electron chi connectivity index (χ3n) is 3.68. The predicted molar refractivity (Wildman–Crippen MR) is 75.3 cm³/mol. The first-order chi connectivity index (χ1) is 9.74. The summed E-state index contributed by atoms with van der Waals surface area (Å²) in [4.78, 5) is 6.76. The van der Waals surface area contributed by atoms with E-state index in [-0.39, 0.29) is 0 Å². The molecular weight excluding hydrogens is 274 g/mol. The van der Waals surface area contributed by atoms with E-state index in [0.717, 1.165) is 34.8 Å². The van der Waals surface area contributed by atoms with Gasteiger partial charge in [-0.2, -0.15) is 4.98 Å². The molecule has 20 heavy (non-hydrogen) atoms. The molecule has 0 amide bonds. The second-order valence-corrected chi connectivity index (χ2v) is 6.46. The summed E-state index contributed by atoms with van der Waals surface area (Å²) in [6.07, 6.45) is 3.65. The Labute approximate surface area is 122 Å². The van der Waals surface area contributed by atoms with Gasteiger partial charge in [0.2, 0.25) is 5.89 Å². The molecule has 0 N–H and O–H groups in total. The minimum Gasteiger partial charge on any atom is -0.339 e. The van der Waals surface area contributed by atoms with Gasteiger partial charge in [-0.15, -0.1) is 21.5 Å². The molecule has 0 bridgehead atoms. The first-order valence-electron chi connectivity index (χ1n) is 7.08. The van der Waals surface area contributed by atoms with E-state index in [2.05, 4.69) is 32.2 Å². The van der Waals surface area contributed by atoms with E-state index in [9.17, 15) is 0 Å². The summed E-state index contributed by atoms with van der Waals surface area (Å²) in [6.45, 7) is 6.51. The minimum absolute atomic E-state index is 0.497. The Kier molecular flexibility index (Phi) is 4.07. The normalized spacial score (nSPS) is 15.8. The Morgan fingerprint density at radius 2 is 2.15 bits per heavy atom. The first-order valence-corrected chi connectivity index (χ1v) is 7.90. The van der Waals surface area contributed by atoms with Gasteiger partial charge in [0.05, 0.1) is 13.1 Å². The number of nitrogens with zero attached hydrogens (tertiary/aromatic N) is 5. The van der Waals surface area contributed by atoms with Crippen LogP contribution in [0.3, 0.4) is 0 Å². The van der Waals surface area contributed by atoms with Crippen LogP contribution >= 0.6 is 11.3 Å². The van der Waals surface area contributed by atoms with E-state index in [1.165, 1.54) is 19.3 Å². The number of hydrogen-bond acceptors (Lipinski definition) is 7. The van der Waals surface area contributed by atoms with Crippen molar-refractivity contribution in [2.75, 3.05) is 6.54 Å². The summed E-state index contributed by atoms with van der Waals surface area (Å²) in [6, 6.07) is 0. The van der Waals surface area contributed by atoms with Crippen molar-refractivity contribution in [3.8, 4) is 0 Å². The molecule has 108 valence electrons. The lowest BCUT2D eigenvalue weighted by atomic mass is 9.85. The van der Waals surface area contributed by atoms with Crippen LogP contribution in [-0.4, -0.2) is 31.8 Å². The van der Waals surface area contributed by atoms with E-state index >= 15 is 0 Å². The first kappa shape index (κ1) is 13.6. The Bertz CT molecular complexity index is 563. The van der Waals surface area contributed by atoms with Gasteiger partial charge in [-0.1, -0.05) is 18.5 Å². The fourth-order valence-corrected chi connectivity index (χ4v) is 2.98. The zero-order chi connectivity index (χ0) is 13.9. The van der Waals surface area contributed by atoms with Crippen molar-refractivity contribution in [2.24, 2.45) is 0 Å². The van der Waals surface area contributed by atoms with Crippen molar-refractivity contribution in [1.29, 1.82) is 0 Å². The SMILES string of the molecule is CCN(Cc1noc(C2CCC2)n1)Cc1nnc(C)s1. The Morgan fingerprint density at radius 1 is 1.30 bits per heavy atom. The molecule has 0 aromatic carbocycles. The van der Waals surface area contributed by atoms with E-state index in [0.29, 0.717) is 12.5 Å². The Balaban J connectivity index is 1.60. The summed E-state index contributed by atoms with van der Waals surface area (Å²) < 4.78 is 5.36. The van der Waals surface area contributed by atoms with Gasteiger partial charge < -0.3 is 4.52 Å². The van der Waals surface area contributed by atoms with Crippen LogP contribution < -0.4 is 0 Å². The largest absolute Gasteiger partial charge is 0.339 e. The third kappa shape index (κ3) is 3.04. The van der Waals surface area contributed by atoms with Gasteiger partial charge in [-0.25, -0.2) is 0 Å². The van der Waals surface area contributed by atoms with Gasteiger partial charge in [0, 0.05) is 5.92 Å². The molecule has 0 atom stereocenters. The fourth-order valence-electron chi connectivity index (χ4n) is 2.22. The summed E-state index contributed by atoms with van der Waals surface area (Å²) in [5, 5.41) is 14.3. The van der Waals surface area contributed by atoms with Crippen LogP contribution in [0.4, 0.5) is 0 Å². The average Bonchev–Trinajstić information content (AvgIpc) is 2.96. The smallest absolute Gasteiger partial charge is 0.229 e. The van der Waals surface area contributed by atoms with Crippen LogP contribution in [0.15, 0.2) is 4.52 Å². The number of aromatic nitrogens is 4. The highest BCUT2D eigenvalue weighted by Crippen LogP contribution is 2.35. The van der Waals surface area contributed by atoms with E-state index in [1.807, 2.05) is 6.92 Å². The number of rotatable bonds is 6. The maximum absolute atomic E-state index is 5.36. The molecule has 3 rings (SSSR count). The van der Waals surface area contributed by atoms with Crippen LogP contribution in [0.1, 0.15) is 53.8 Å². The third-order valence-corrected chi connectivity index (χ3v) is 4.50. The molecule has 1 aliphatic carbocycles. The highest BCUT2D eigenvalue weighted by molar-refractivity contribution is 7.11. The summed E-state index contributed by atoms with van der Waals surface area (Å²) in [5.74, 6) is 2.08. The van der Waals surface area contributed by atoms with Gasteiger partial charge in [-0.3, -0.25) is 4.90 Å². The topological polar surface area (TPSA) is 67.9 Å². The van der Waals surface area contributed by atoms with Crippen molar-refractivity contribution in [3.63, 3.8) is 0 Å². The van der Waals surface area contributed by atoms with Crippen LogP contribution in [0.5, 0.6) is 0 Å². The molecule has 1 saturated carbocycles. The summed E-state index contributed by atoms with van der Waals surface area (Å²) >= 11 is 1.64. The molecule has 0 saturated heterocycles. The molecule has 2 aromatic rings. The molecule has 0 spiro atoms. The van der Waals surface area contributed by atoms with Crippen molar-refractivity contribution in [3.05, 3.63) is 21.7 Å². The van der Waals surface area contributed by atoms with Crippen LogP contribution in [0.2, 0.25) is 0 Å². The van der Waals surface area contributed by atoms with Gasteiger partial charge >= 0.3 is 0 Å². The summed E-state index contributed by atoms with van der Waals surface area (Å²) in [7, 11) is 0. The molecule has 0 aliphatic heterocycles. The van der Waals surface area contributed by atoms with Crippen molar-refractivity contribution in [2.45, 2.75) is 52.1 Å². The zero-order valence-electron chi connectivity index (χ0n) is 11.9. The monoisotopic (exact) mass is 293 g/mol. The van der Waals surface area contributed by atoms with Gasteiger partial charge in [0.1, 0.15) is 10.0 Å². The molecule has 0 radical (unpaired) electrons. The second-order valence-electron chi connectivity index (χ2n) is 5.19. The van der Waals surface area contributed by atoms with Crippen molar-refractivity contribution >= 4 is 11.3 Å². The molecule has 0 unspecified atom stereocenters. The molecule has 1 aliphatic rings. The van der Waals surface area contributed by atoms with Gasteiger partial charge in [0.25, 0.3) is 0 Å². The van der Waals surface area contributed by atoms with Crippen LogP contribution in [-0.2, 0) is 13.1 Å². The van der Waals surface area contributed by atoms with E-state index in [4.69, 9.17) is 4.52 Å². The van der Waals surface area contributed by atoms with E-state index < -0.39 is 0 Å². The molecular formula is C13H19N5OS. The van der Waals surface area contributed by atoms with Crippen molar-refractivity contribution in [1.82, 2.24) is 25.2 Å². The molecule has 2 heterocycles. The Morgan fingerprint density at radius 3 is 2.75 bits per heavy atom. The molecule has 6 nitrogen and oxygen atoms in total. The number of hydrogen-bond donors (Lipinski definition) is 0. The highest BCUT2D eigenvalue weighted by Gasteiger charge is 2.25. The molecule has 7 heteroatoms. The average molecular weight is 293 g/mol. The van der Waals surface area contributed by atoms with Crippen LogP contribution in [0, 0.1) is 6.92 Å². The van der Waals surface area contributed by atoms with Crippen LogP contribution in [0.25, 0.3) is 0 Å². The zero-order valence-corrected chi connectivity index (χ0v) is 12.7. The molecule has 2 aromatic heterocycles. The maximum Gasteiger partial charge on any atom is 0.229 e. The van der Waals surface area contributed by atoms with E-state index in [1.54, 1.807) is 11.3 Å². The lowest BCUT2D eigenvalue weighted by Crippen LogP contribution is -2.23. The fraction of sp³-hybridized carbons (Fsp3) is 0.692. The van der Waals surface area contributed by atoms with Crippen molar-refractivity contribution < 1.29 is 4.52 Å². The van der Waals surface area contributed by atoms with Gasteiger partial charge in [-0.05, 0) is 26.3 Å². The standard InChI is InChI=1S/C13H19N5OS/c1-3-18(8-12-16-15-9(2)20-12)7-11-14-13(19-17-11)10-5-4-6-10/h10H,3-8H2,1-2H3.